The number of guanidine groups is 1. The smallest absolute Gasteiger partial charge is 0.191 e. The van der Waals surface area contributed by atoms with Gasteiger partial charge in [-0.3, -0.25) is 4.99 Å². The molecule has 2 bridgehead atoms. The Kier molecular flexibility index (Phi) is 5.45. The standard InChI is InChI=1S/C14H28N4O/c1-4-15-14(16-8-9-18(3)5-2)17-12-10-11-6-7-13(12)19-11/h11-13H,4-10H2,1-3H3,(H2,15,16,17). The number of hydrogen-bond acceptors (Lipinski definition) is 3. The molecule has 0 aromatic heterocycles. The average molecular weight is 268 g/mol. The summed E-state index contributed by atoms with van der Waals surface area (Å²) in [4.78, 5) is 6.92. The predicted octanol–water partition coefficient (Wildman–Crippen LogP) is 0.813. The molecule has 2 aliphatic rings. The van der Waals surface area contributed by atoms with Crippen LogP contribution in [0.15, 0.2) is 4.99 Å². The summed E-state index contributed by atoms with van der Waals surface area (Å²) in [6, 6.07) is 0.445. The molecule has 0 aromatic carbocycles. The van der Waals surface area contributed by atoms with Crippen LogP contribution in [0.1, 0.15) is 33.1 Å². The van der Waals surface area contributed by atoms with Crippen molar-refractivity contribution in [3.8, 4) is 0 Å². The molecule has 2 aliphatic heterocycles. The first-order valence-electron chi connectivity index (χ1n) is 7.61. The summed E-state index contributed by atoms with van der Waals surface area (Å²) in [7, 11) is 2.12. The first-order valence-corrected chi connectivity index (χ1v) is 7.61. The summed E-state index contributed by atoms with van der Waals surface area (Å²) < 4.78 is 5.87. The molecule has 2 rings (SSSR count). The number of nitrogens with one attached hydrogen (secondary N) is 2. The Morgan fingerprint density at radius 1 is 1.37 bits per heavy atom. The van der Waals surface area contributed by atoms with Crippen molar-refractivity contribution in [1.82, 2.24) is 15.5 Å². The van der Waals surface area contributed by atoms with E-state index in [9.17, 15) is 0 Å². The second kappa shape index (κ2) is 7.10. The average Bonchev–Trinajstić information content (AvgIpc) is 3.01. The summed E-state index contributed by atoms with van der Waals surface area (Å²) in [5.74, 6) is 0.938. The molecule has 110 valence electrons. The molecule has 5 heteroatoms. The molecule has 5 nitrogen and oxygen atoms in total. The predicted molar refractivity (Wildman–Crippen MR) is 78.6 cm³/mol. The molecule has 2 fully saturated rings. The van der Waals surface area contributed by atoms with E-state index in [0.717, 1.165) is 38.6 Å². The van der Waals surface area contributed by atoms with Crippen molar-refractivity contribution in [2.75, 3.05) is 33.2 Å². The highest BCUT2D eigenvalue weighted by atomic mass is 16.5. The third kappa shape index (κ3) is 4.08. The first-order chi connectivity index (χ1) is 9.22. The van der Waals surface area contributed by atoms with Crippen LogP contribution >= 0.6 is 0 Å². The van der Waals surface area contributed by atoms with Gasteiger partial charge in [0, 0.05) is 13.1 Å². The Hall–Kier alpha value is -0.810. The van der Waals surface area contributed by atoms with E-state index in [1.807, 2.05) is 0 Å². The molecule has 3 unspecified atom stereocenters. The third-order valence-electron chi connectivity index (χ3n) is 4.06. The molecular weight excluding hydrogens is 240 g/mol. The monoisotopic (exact) mass is 268 g/mol. The Morgan fingerprint density at radius 2 is 2.21 bits per heavy atom. The maximum Gasteiger partial charge on any atom is 0.191 e. The van der Waals surface area contributed by atoms with Gasteiger partial charge in [-0.1, -0.05) is 6.92 Å². The second-order valence-electron chi connectivity index (χ2n) is 5.52. The van der Waals surface area contributed by atoms with Crippen molar-refractivity contribution in [3.63, 3.8) is 0 Å². The number of likely N-dealkylation sites (N-methyl/N-ethyl adjacent to an activating group) is 1. The van der Waals surface area contributed by atoms with Gasteiger partial charge in [0.1, 0.15) is 0 Å². The molecule has 19 heavy (non-hydrogen) atoms. The number of ether oxygens (including phenoxy) is 1. The zero-order chi connectivity index (χ0) is 13.7. The van der Waals surface area contributed by atoms with Gasteiger partial charge in [0.25, 0.3) is 0 Å². The summed E-state index contributed by atoms with van der Waals surface area (Å²) in [5, 5.41) is 6.86. The number of fused-ring (bicyclic) bond motifs is 2. The maximum absolute atomic E-state index is 5.87. The summed E-state index contributed by atoms with van der Waals surface area (Å²) in [6.07, 6.45) is 4.44. The fourth-order valence-corrected chi connectivity index (χ4v) is 2.78. The van der Waals surface area contributed by atoms with E-state index in [2.05, 4.69) is 41.4 Å². The molecule has 2 heterocycles. The van der Waals surface area contributed by atoms with Gasteiger partial charge in [-0.25, -0.2) is 0 Å². The van der Waals surface area contributed by atoms with Crippen molar-refractivity contribution >= 4 is 5.96 Å². The lowest BCUT2D eigenvalue weighted by atomic mass is 9.96. The third-order valence-corrected chi connectivity index (χ3v) is 4.06. The highest BCUT2D eigenvalue weighted by Gasteiger charge is 2.41. The van der Waals surface area contributed by atoms with E-state index in [1.165, 1.54) is 12.8 Å². The summed E-state index contributed by atoms with van der Waals surface area (Å²) in [6.45, 7) is 8.07. The summed E-state index contributed by atoms with van der Waals surface area (Å²) >= 11 is 0. The molecule has 2 N–H and O–H groups in total. The molecule has 0 spiro atoms. The normalized spacial score (nSPS) is 30.1. The van der Waals surface area contributed by atoms with Gasteiger partial charge in [0.15, 0.2) is 5.96 Å². The van der Waals surface area contributed by atoms with Crippen LogP contribution in [0, 0.1) is 0 Å². The Balaban J connectivity index is 1.80. The lowest BCUT2D eigenvalue weighted by Gasteiger charge is -2.23. The minimum atomic E-state index is 0.396. The van der Waals surface area contributed by atoms with Gasteiger partial charge in [-0.2, -0.15) is 0 Å². The molecule has 0 saturated carbocycles. The van der Waals surface area contributed by atoms with Crippen molar-refractivity contribution < 1.29 is 4.74 Å². The van der Waals surface area contributed by atoms with Crippen molar-refractivity contribution in [1.29, 1.82) is 0 Å². The van der Waals surface area contributed by atoms with Crippen molar-refractivity contribution in [2.24, 2.45) is 4.99 Å². The highest BCUT2D eigenvalue weighted by molar-refractivity contribution is 5.80. The zero-order valence-electron chi connectivity index (χ0n) is 12.5. The van der Waals surface area contributed by atoms with Crippen LogP contribution in [-0.2, 0) is 4.74 Å². The molecule has 0 amide bonds. The fourth-order valence-electron chi connectivity index (χ4n) is 2.78. The lowest BCUT2D eigenvalue weighted by Crippen LogP contribution is -2.47. The molecule has 3 atom stereocenters. The molecule has 2 saturated heterocycles. The van der Waals surface area contributed by atoms with Gasteiger partial charge >= 0.3 is 0 Å². The van der Waals surface area contributed by atoms with Gasteiger partial charge in [0.2, 0.25) is 0 Å². The van der Waals surface area contributed by atoms with E-state index < -0.39 is 0 Å². The van der Waals surface area contributed by atoms with Crippen LogP contribution in [0.4, 0.5) is 0 Å². The van der Waals surface area contributed by atoms with Crippen molar-refractivity contribution in [2.45, 2.75) is 51.4 Å². The van der Waals surface area contributed by atoms with Crippen LogP contribution < -0.4 is 10.6 Å². The van der Waals surface area contributed by atoms with Crippen LogP contribution in [0.3, 0.4) is 0 Å². The Labute approximate surface area is 116 Å². The number of nitrogens with zero attached hydrogens (tertiary/aromatic N) is 2. The van der Waals surface area contributed by atoms with E-state index >= 15 is 0 Å². The quantitative estimate of drug-likeness (QED) is 0.553. The molecule has 0 radical (unpaired) electrons. The lowest BCUT2D eigenvalue weighted by molar-refractivity contribution is 0.0992. The molecule has 0 aromatic rings. The van der Waals surface area contributed by atoms with Crippen LogP contribution in [0.5, 0.6) is 0 Å². The van der Waals surface area contributed by atoms with Crippen LogP contribution in [0.25, 0.3) is 0 Å². The first kappa shape index (κ1) is 14.6. The van der Waals surface area contributed by atoms with Crippen molar-refractivity contribution in [3.05, 3.63) is 0 Å². The zero-order valence-corrected chi connectivity index (χ0v) is 12.5. The van der Waals surface area contributed by atoms with E-state index in [-0.39, 0.29) is 0 Å². The largest absolute Gasteiger partial charge is 0.373 e. The van der Waals surface area contributed by atoms with E-state index in [0.29, 0.717) is 18.2 Å². The summed E-state index contributed by atoms with van der Waals surface area (Å²) in [5.41, 5.74) is 0. The van der Waals surface area contributed by atoms with Gasteiger partial charge in [0.05, 0.1) is 24.8 Å². The Morgan fingerprint density at radius 3 is 2.79 bits per heavy atom. The van der Waals surface area contributed by atoms with Gasteiger partial charge < -0.3 is 20.3 Å². The topological polar surface area (TPSA) is 48.9 Å². The second-order valence-corrected chi connectivity index (χ2v) is 5.52. The number of hydrogen-bond donors (Lipinski definition) is 2. The van der Waals surface area contributed by atoms with E-state index in [4.69, 9.17) is 4.74 Å². The highest BCUT2D eigenvalue weighted by Crippen LogP contribution is 2.34. The van der Waals surface area contributed by atoms with E-state index in [1.54, 1.807) is 0 Å². The van der Waals surface area contributed by atoms with Crippen LogP contribution in [0.2, 0.25) is 0 Å². The minimum absolute atomic E-state index is 0.396. The molecular formula is C14H28N4O. The van der Waals surface area contributed by atoms with Gasteiger partial charge in [-0.05, 0) is 39.8 Å². The molecule has 0 aliphatic carbocycles. The number of rotatable bonds is 6. The Bertz CT molecular complexity index is 308. The van der Waals surface area contributed by atoms with Gasteiger partial charge in [-0.15, -0.1) is 0 Å². The van der Waals surface area contributed by atoms with Crippen LogP contribution in [-0.4, -0.2) is 62.3 Å². The SMILES string of the molecule is CCNC(=NCCN(C)CC)NC1CC2CCC1O2. The fraction of sp³-hybridized carbons (Fsp3) is 0.929. The number of aliphatic imine (C=N–C) groups is 1. The minimum Gasteiger partial charge on any atom is -0.373 e. The maximum atomic E-state index is 5.87.